The average molecular weight is 407 g/mol. The highest BCUT2D eigenvalue weighted by Crippen LogP contribution is 2.39. The van der Waals surface area contributed by atoms with Gasteiger partial charge in [-0.2, -0.15) is 0 Å². The van der Waals surface area contributed by atoms with Gasteiger partial charge in [0.05, 0.1) is 30.7 Å². The number of thiazole rings is 1. The van der Waals surface area contributed by atoms with Gasteiger partial charge in [-0.15, -0.1) is 0 Å². The maximum absolute atomic E-state index is 12.7. The first kappa shape index (κ1) is 19.2. The largest absolute Gasteiger partial charge is 0.494 e. The lowest BCUT2D eigenvalue weighted by Gasteiger charge is -2.34. The van der Waals surface area contributed by atoms with E-state index in [-0.39, 0.29) is 6.03 Å². The number of anilines is 2. The molecule has 8 nitrogen and oxygen atoms in total. The third kappa shape index (κ3) is 3.74. The zero-order valence-electron chi connectivity index (χ0n) is 16.2. The Balaban J connectivity index is 1.60. The number of aromatic nitrogens is 1. The molecule has 2 aromatic rings. The summed E-state index contributed by atoms with van der Waals surface area (Å²) < 4.78 is 11.9. The molecular formula is C19H26N4O4S. The number of methoxy groups -OCH3 is 1. The molecule has 3 heterocycles. The van der Waals surface area contributed by atoms with E-state index in [1.165, 1.54) is 16.2 Å². The van der Waals surface area contributed by atoms with Crippen LogP contribution in [0.1, 0.15) is 19.8 Å². The molecule has 152 valence electrons. The van der Waals surface area contributed by atoms with Gasteiger partial charge in [0, 0.05) is 19.6 Å². The Morgan fingerprint density at radius 2 is 2.14 bits per heavy atom. The van der Waals surface area contributed by atoms with E-state index in [4.69, 9.17) is 9.47 Å². The fourth-order valence-electron chi connectivity index (χ4n) is 3.76. The van der Waals surface area contributed by atoms with Crippen LogP contribution >= 0.6 is 11.3 Å². The van der Waals surface area contributed by atoms with Crippen molar-refractivity contribution in [3.8, 4) is 5.75 Å². The van der Waals surface area contributed by atoms with E-state index in [0.29, 0.717) is 43.0 Å². The number of hydrogen-bond donors (Lipinski definition) is 2. The number of fused-ring (bicyclic) bond motifs is 1. The normalized spacial score (nSPS) is 23.1. The van der Waals surface area contributed by atoms with Crippen molar-refractivity contribution in [3.05, 3.63) is 12.1 Å². The summed E-state index contributed by atoms with van der Waals surface area (Å²) in [7, 11) is 1.62. The fraction of sp³-hybridized carbons (Fsp3) is 0.579. The lowest BCUT2D eigenvalue weighted by atomic mass is 9.98. The maximum Gasteiger partial charge on any atom is 0.325 e. The van der Waals surface area contributed by atoms with E-state index < -0.39 is 6.23 Å². The third-order valence-corrected chi connectivity index (χ3v) is 6.36. The first-order chi connectivity index (χ1) is 13.6. The molecule has 1 aromatic heterocycles. The second-order valence-electron chi connectivity index (χ2n) is 7.32. The highest BCUT2D eigenvalue weighted by molar-refractivity contribution is 7.23. The van der Waals surface area contributed by atoms with Crippen LogP contribution in [0.5, 0.6) is 5.75 Å². The molecule has 0 aliphatic carbocycles. The molecule has 0 spiro atoms. The van der Waals surface area contributed by atoms with Gasteiger partial charge in [0.25, 0.3) is 0 Å². The molecule has 2 aliphatic heterocycles. The van der Waals surface area contributed by atoms with Crippen LogP contribution in [0.4, 0.5) is 15.6 Å². The van der Waals surface area contributed by atoms with Crippen molar-refractivity contribution in [2.75, 3.05) is 50.2 Å². The number of piperidine rings is 1. The molecule has 0 radical (unpaired) electrons. The zero-order valence-corrected chi connectivity index (χ0v) is 17.0. The van der Waals surface area contributed by atoms with Crippen LogP contribution in [0.15, 0.2) is 12.1 Å². The van der Waals surface area contributed by atoms with Gasteiger partial charge in [-0.3, -0.25) is 10.2 Å². The smallest absolute Gasteiger partial charge is 0.325 e. The summed E-state index contributed by atoms with van der Waals surface area (Å²) >= 11 is 1.43. The van der Waals surface area contributed by atoms with Gasteiger partial charge in [0.15, 0.2) is 5.13 Å². The van der Waals surface area contributed by atoms with Crippen molar-refractivity contribution in [1.29, 1.82) is 0 Å². The van der Waals surface area contributed by atoms with Gasteiger partial charge < -0.3 is 19.5 Å². The summed E-state index contributed by atoms with van der Waals surface area (Å²) in [6, 6.07) is 3.63. The lowest BCUT2D eigenvalue weighted by Crippen LogP contribution is -2.47. The monoisotopic (exact) mass is 406 g/mol. The number of nitrogens with one attached hydrogen (secondary N) is 1. The number of urea groups is 1. The van der Waals surface area contributed by atoms with E-state index in [9.17, 15) is 9.90 Å². The van der Waals surface area contributed by atoms with Gasteiger partial charge in [0.2, 0.25) is 0 Å². The molecule has 0 bridgehead atoms. The number of ether oxygens (including phenoxy) is 2. The summed E-state index contributed by atoms with van der Waals surface area (Å²) in [6.07, 6.45) is 0.735. The Morgan fingerprint density at radius 3 is 2.86 bits per heavy atom. The van der Waals surface area contributed by atoms with Crippen LogP contribution in [-0.4, -0.2) is 67.2 Å². The van der Waals surface area contributed by atoms with E-state index in [1.54, 1.807) is 7.11 Å². The quantitative estimate of drug-likeness (QED) is 0.815. The van der Waals surface area contributed by atoms with Gasteiger partial charge in [-0.1, -0.05) is 18.3 Å². The van der Waals surface area contributed by atoms with E-state index in [1.807, 2.05) is 12.1 Å². The first-order valence-electron chi connectivity index (χ1n) is 9.62. The number of nitrogens with zero attached hydrogens (tertiary/aromatic N) is 3. The number of hydrogen-bond acceptors (Lipinski definition) is 7. The molecule has 2 aliphatic rings. The van der Waals surface area contributed by atoms with Gasteiger partial charge in [-0.05, 0) is 30.9 Å². The summed E-state index contributed by atoms with van der Waals surface area (Å²) in [4.78, 5) is 21.0. The predicted molar refractivity (Wildman–Crippen MR) is 109 cm³/mol. The molecule has 4 rings (SSSR count). The first-order valence-corrected chi connectivity index (χ1v) is 10.4. The molecule has 28 heavy (non-hydrogen) atoms. The summed E-state index contributed by atoms with van der Waals surface area (Å²) in [5, 5.41) is 13.6. The number of aliphatic hydroxyl groups excluding tert-OH is 1. The van der Waals surface area contributed by atoms with Crippen LogP contribution in [0.25, 0.3) is 10.2 Å². The molecule has 2 atom stereocenters. The van der Waals surface area contributed by atoms with Crippen LogP contribution < -0.4 is 15.0 Å². The molecule has 2 unspecified atom stereocenters. The number of morpholine rings is 1. The van der Waals surface area contributed by atoms with Crippen molar-refractivity contribution in [1.82, 2.24) is 9.88 Å². The summed E-state index contributed by atoms with van der Waals surface area (Å²) in [5.41, 5.74) is 1.81. The van der Waals surface area contributed by atoms with Crippen LogP contribution in [-0.2, 0) is 4.74 Å². The number of likely N-dealkylation sites (tertiary alicyclic amines) is 1. The average Bonchev–Trinajstić information content (AvgIpc) is 3.11. The minimum absolute atomic E-state index is 0.314. The molecule has 2 fully saturated rings. The standard InChI is InChI=1S/C19H26N4O4S/c1-12-5-6-23(15(24)11-12)19(25)21-18-20-16-14(26-2)4-3-13(17(16)28-18)22-7-9-27-10-8-22/h3-4,12,15,24H,5-11H2,1-2H3,(H,20,21,25). The Bertz CT molecular complexity index is 852. The van der Waals surface area contributed by atoms with Crippen molar-refractivity contribution >= 4 is 38.4 Å². The summed E-state index contributed by atoms with van der Waals surface area (Å²) in [5.74, 6) is 1.09. The van der Waals surface area contributed by atoms with E-state index in [0.717, 1.165) is 35.4 Å². The molecule has 2 N–H and O–H groups in total. The Hall–Kier alpha value is -2.10. The van der Waals surface area contributed by atoms with Crippen LogP contribution in [0.3, 0.4) is 0 Å². The zero-order chi connectivity index (χ0) is 19.7. The molecule has 1 aromatic carbocycles. The summed E-state index contributed by atoms with van der Waals surface area (Å²) in [6.45, 7) is 5.66. The number of rotatable bonds is 3. The topological polar surface area (TPSA) is 87.2 Å². The SMILES string of the molecule is COc1ccc(N2CCOCC2)c2sc(NC(=O)N3CCC(C)CC3O)nc12. The van der Waals surface area contributed by atoms with Crippen LogP contribution in [0.2, 0.25) is 0 Å². The number of amides is 2. The molecule has 9 heteroatoms. The number of aliphatic hydroxyl groups is 1. The number of benzene rings is 1. The minimum Gasteiger partial charge on any atom is -0.494 e. The lowest BCUT2D eigenvalue weighted by molar-refractivity contribution is -0.00809. The van der Waals surface area contributed by atoms with Crippen LogP contribution in [0, 0.1) is 5.92 Å². The van der Waals surface area contributed by atoms with E-state index in [2.05, 4.69) is 22.1 Å². The molecule has 0 saturated carbocycles. The molecule has 2 amide bonds. The highest BCUT2D eigenvalue weighted by Gasteiger charge is 2.29. The Morgan fingerprint density at radius 1 is 1.36 bits per heavy atom. The Labute approximate surface area is 168 Å². The third-order valence-electron chi connectivity index (χ3n) is 5.37. The van der Waals surface area contributed by atoms with Crippen molar-refractivity contribution in [2.45, 2.75) is 26.0 Å². The molecular weight excluding hydrogens is 380 g/mol. The van der Waals surface area contributed by atoms with E-state index >= 15 is 0 Å². The van der Waals surface area contributed by atoms with Crippen molar-refractivity contribution in [3.63, 3.8) is 0 Å². The van der Waals surface area contributed by atoms with Crippen molar-refractivity contribution in [2.24, 2.45) is 5.92 Å². The van der Waals surface area contributed by atoms with Gasteiger partial charge >= 0.3 is 6.03 Å². The fourth-order valence-corrected chi connectivity index (χ4v) is 4.77. The number of carbonyl (C=O) groups is 1. The van der Waals surface area contributed by atoms with Gasteiger partial charge in [-0.25, -0.2) is 9.78 Å². The second-order valence-corrected chi connectivity index (χ2v) is 8.32. The Kier molecular flexibility index (Phi) is 5.56. The minimum atomic E-state index is -0.753. The maximum atomic E-state index is 12.7. The highest BCUT2D eigenvalue weighted by atomic mass is 32.1. The molecule has 2 saturated heterocycles. The predicted octanol–water partition coefficient (Wildman–Crippen LogP) is 2.72. The number of carbonyl (C=O) groups excluding carboxylic acids is 1. The van der Waals surface area contributed by atoms with Crippen molar-refractivity contribution < 1.29 is 19.4 Å². The second kappa shape index (κ2) is 8.10. The van der Waals surface area contributed by atoms with Gasteiger partial charge in [0.1, 0.15) is 17.5 Å².